The molecule has 0 radical (unpaired) electrons. The SMILES string of the molecule is CCOC(=O)Cc1ccc(C)cc1OCc1cc(-c2ccnc(CN[S+]([O-])C(C)(C)C)c2F)c2oc(F)cc2c1. The van der Waals surface area contributed by atoms with Gasteiger partial charge in [-0.15, -0.1) is 4.72 Å². The van der Waals surface area contributed by atoms with Gasteiger partial charge < -0.3 is 18.4 Å². The predicted molar refractivity (Wildman–Crippen MR) is 150 cm³/mol. The van der Waals surface area contributed by atoms with Crippen LogP contribution in [0.5, 0.6) is 5.75 Å². The topological polar surface area (TPSA) is 96.7 Å². The fraction of sp³-hybridized carbons (Fsp3) is 0.333. The van der Waals surface area contributed by atoms with Crippen LogP contribution in [0.25, 0.3) is 22.1 Å². The van der Waals surface area contributed by atoms with Crippen molar-refractivity contribution in [2.75, 3.05) is 6.61 Å². The maximum atomic E-state index is 15.7. The highest BCUT2D eigenvalue weighted by Crippen LogP contribution is 2.35. The van der Waals surface area contributed by atoms with E-state index in [1.807, 2.05) is 45.9 Å². The summed E-state index contributed by atoms with van der Waals surface area (Å²) in [6.07, 6.45) is 1.50. The summed E-state index contributed by atoms with van der Waals surface area (Å²) in [5, 5.41) is 0.439. The Morgan fingerprint density at radius 1 is 1.12 bits per heavy atom. The van der Waals surface area contributed by atoms with Gasteiger partial charge in [-0.3, -0.25) is 9.78 Å². The van der Waals surface area contributed by atoms with Crippen molar-refractivity contribution in [3.63, 3.8) is 0 Å². The number of hydrogen-bond donors (Lipinski definition) is 1. The molecule has 10 heteroatoms. The Hall–Kier alpha value is -3.47. The van der Waals surface area contributed by atoms with Gasteiger partial charge in [0.2, 0.25) is 0 Å². The van der Waals surface area contributed by atoms with Gasteiger partial charge in [0.1, 0.15) is 22.7 Å². The lowest BCUT2D eigenvalue weighted by atomic mass is 10.00. The van der Waals surface area contributed by atoms with Crippen molar-refractivity contribution in [3.8, 4) is 16.9 Å². The molecule has 0 bridgehead atoms. The van der Waals surface area contributed by atoms with E-state index in [4.69, 9.17) is 13.9 Å². The first-order valence-electron chi connectivity index (χ1n) is 12.8. The highest BCUT2D eigenvalue weighted by Gasteiger charge is 2.27. The first-order chi connectivity index (χ1) is 19.0. The summed E-state index contributed by atoms with van der Waals surface area (Å²) < 4.78 is 61.0. The minimum absolute atomic E-state index is 0.0553. The number of esters is 1. The van der Waals surface area contributed by atoms with Crippen molar-refractivity contribution in [3.05, 3.63) is 82.9 Å². The lowest BCUT2D eigenvalue weighted by Crippen LogP contribution is -2.39. The Bertz CT molecular complexity index is 1520. The molecule has 1 atom stereocenters. The van der Waals surface area contributed by atoms with Crippen molar-refractivity contribution in [2.45, 2.75) is 58.9 Å². The third-order valence-electron chi connectivity index (χ3n) is 6.08. The van der Waals surface area contributed by atoms with Gasteiger partial charge in [0, 0.05) is 45.7 Å². The maximum Gasteiger partial charge on any atom is 0.310 e. The maximum absolute atomic E-state index is 15.7. The highest BCUT2D eigenvalue weighted by molar-refractivity contribution is 7.90. The molecule has 0 saturated carbocycles. The largest absolute Gasteiger partial charge is 0.598 e. The van der Waals surface area contributed by atoms with E-state index in [0.29, 0.717) is 27.8 Å². The molecule has 0 fully saturated rings. The molecule has 1 unspecified atom stereocenters. The predicted octanol–water partition coefficient (Wildman–Crippen LogP) is 6.32. The average molecular weight is 571 g/mol. The number of fused-ring (bicyclic) bond motifs is 1. The Morgan fingerprint density at radius 2 is 1.90 bits per heavy atom. The zero-order chi connectivity index (χ0) is 29.0. The van der Waals surface area contributed by atoms with E-state index in [9.17, 15) is 13.7 Å². The summed E-state index contributed by atoms with van der Waals surface area (Å²) in [6, 6.07) is 10.8. The number of nitrogens with zero attached hydrogens (tertiary/aromatic N) is 1. The van der Waals surface area contributed by atoms with Crippen LogP contribution in [0, 0.1) is 18.8 Å². The fourth-order valence-electron chi connectivity index (χ4n) is 4.11. The number of nitrogens with one attached hydrogen (secondary N) is 1. The van der Waals surface area contributed by atoms with Crippen LogP contribution in [0.15, 0.2) is 53.1 Å². The number of aromatic nitrogens is 1. The van der Waals surface area contributed by atoms with Gasteiger partial charge >= 0.3 is 5.97 Å². The molecule has 1 N–H and O–H groups in total. The quantitative estimate of drug-likeness (QED) is 0.176. The van der Waals surface area contributed by atoms with Crippen LogP contribution in [0.2, 0.25) is 0 Å². The average Bonchev–Trinajstić information content (AvgIpc) is 3.27. The van der Waals surface area contributed by atoms with Gasteiger partial charge in [0.15, 0.2) is 5.82 Å². The van der Waals surface area contributed by atoms with Gasteiger partial charge in [-0.25, -0.2) is 4.39 Å². The van der Waals surface area contributed by atoms with Crippen molar-refractivity contribution in [1.82, 2.24) is 9.71 Å². The molecule has 0 aliphatic heterocycles. The van der Waals surface area contributed by atoms with Crippen molar-refractivity contribution >= 4 is 28.3 Å². The highest BCUT2D eigenvalue weighted by atomic mass is 32.2. The molecule has 40 heavy (non-hydrogen) atoms. The van der Waals surface area contributed by atoms with Crippen molar-refractivity contribution in [1.29, 1.82) is 0 Å². The number of carbonyl (C=O) groups is 1. The molecule has 0 spiro atoms. The van der Waals surface area contributed by atoms with Crippen molar-refractivity contribution in [2.24, 2.45) is 0 Å². The molecule has 4 rings (SSSR count). The van der Waals surface area contributed by atoms with Gasteiger partial charge in [0.25, 0.3) is 6.01 Å². The second-order valence-corrected chi connectivity index (χ2v) is 12.4. The zero-order valence-corrected chi connectivity index (χ0v) is 23.9. The number of pyridine rings is 1. The normalized spacial score (nSPS) is 12.5. The molecular formula is C30H32F2N2O5S. The molecule has 0 aliphatic carbocycles. The summed E-state index contributed by atoms with van der Waals surface area (Å²) in [6.45, 7) is 9.37. The van der Waals surface area contributed by atoms with E-state index in [0.717, 1.165) is 5.56 Å². The number of rotatable bonds is 10. The molecule has 0 saturated heterocycles. The monoisotopic (exact) mass is 570 g/mol. The van der Waals surface area contributed by atoms with E-state index >= 15 is 4.39 Å². The molecular weight excluding hydrogens is 538 g/mol. The number of aryl methyl sites for hydroxylation is 1. The van der Waals surface area contributed by atoms with E-state index in [2.05, 4.69) is 9.71 Å². The number of ether oxygens (including phenoxy) is 2. The summed E-state index contributed by atoms with van der Waals surface area (Å²) in [5.74, 6) is -0.477. The molecule has 4 aromatic rings. The van der Waals surface area contributed by atoms with Gasteiger partial charge in [-0.1, -0.05) is 12.1 Å². The second-order valence-electron chi connectivity index (χ2n) is 10.3. The minimum Gasteiger partial charge on any atom is -0.598 e. The van der Waals surface area contributed by atoms with Gasteiger partial charge in [-0.2, -0.15) is 4.39 Å². The van der Waals surface area contributed by atoms with Crippen LogP contribution < -0.4 is 9.46 Å². The molecule has 212 valence electrons. The number of carbonyl (C=O) groups excluding carboxylic acids is 1. The number of hydrogen-bond acceptors (Lipinski definition) is 7. The van der Waals surface area contributed by atoms with Crippen LogP contribution in [-0.2, 0) is 40.5 Å². The minimum atomic E-state index is -1.42. The Labute approximate surface area is 235 Å². The lowest BCUT2D eigenvalue weighted by Gasteiger charge is -2.23. The standard InChI is InChI=1S/C30H32F2N2O5S/c1-6-37-27(35)15-20-8-7-18(2)11-25(20)38-17-19-12-21-14-26(31)39-29(21)23(13-19)22-9-10-33-24(28(22)32)16-34-40(36)30(3,4)5/h7-14,34H,6,15-17H2,1-5H3. The third kappa shape index (κ3) is 6.99. The van der Waals surface area contributed by atoms with E-state index in [-0.39, 0.29) is 49.0 Å². The third-order valence-corrected chi connectivity index (χ3v) is 7.60. The molecule has 2 aromatic heterocycles. The summed E-state index contributed by atoms with van der Waals surface area (Å²) in [7, 11) is 0. The summed E-state index contributed by atoms with van der Waals surface area (Å²) in [5.41, 5.74) is 2.99. The van der Waals surface area contributed by atoms with Crippen LogP contribution >= 0.6 is 0 Å². The molecule has 0 amide bonds. The number of halogens is 2. The zero-order valence-electron chi connectivity index (χ0n) is 23.1. The Balaban J connectivity index is 1.66. The molecule has 2 heterocycles. The Morgan fingerprint density at radius 3 is 2.62 bits per heavy atom. The summed E-state index contributed by atoms with van der Waals surface area (Å²) in [4.78, 5) is 16.2. The number of benzene rings is 2. The Kier molecular flexibility index (Phi) is 9.12. The first-order valence-corrected chi connectivity index (χ1v) is 14.0. The van der Waals surface area contributed by atoms with E-state index < -0.39 is 27.9 Å². The molecule has 0 aliphatic rings. The molecule has 7 nitrogen and oxygen atoms in total. The van der Waals surface area contributed by atoms with E-state index in [1.165, 1.54) is 18.3 Å². The smallest absolute Gasteiger partial charge is 0.310 e. The first kappa shape index (κ1) is 29.5. The van der Waals surface area contributed by atoms with Crippen molar-refractivity contribution < 1.29 is 32.0 Å². The fourth-order valence-corrected chi connectivity index (χ4v) is 4.81. The van der Waals surface area contributed by atoms with Gasteiger partial charge in [0.05, 0.1) is 25.3 Å². The van der Waals surface area contributed by atoms with E-state index in [1.54, 1.807) is 19.1 Å². The second kappa shape index (κ2) is 12.4. The van der Waals surface area contributed by atoms with Crippen LogP contribution in [0.3, 0.4) is 0 Å². The van der Waals surface area contributed by atoms with Gasteiger partial charge in [-0.05, 0) is 70.0 Å². The molecule has 2 aromatic carbocycles. The van der Waals surface area contributed by atoms with Crippen LogP contribution in [0.4, 0.5) is 8.78 Å². The summed E-state index contributed by atoms with van der Waals surface area (Å²) >= 11 is -1.42. The number of furan rings is 1. The van der Waals surface area contributed by atoms with Crippen LogP contribution in [-0.4, -0.2) is 26.9 Å². The lowest BCUT2D eigenvalue weighted by molar-refractivity contribution is -0.142. The van der Waals surface area contributed by atoms with Crippen LogP contribution in [0.1, 0.15) is 50.1 Å².